The van der Waals surface area contributed by atoms with Crippen molar-refractivity contribution in [3.8, 4) is 0 Å². The van der Waals surface area contributed by atoms with Crippen LogP contribution in [0.5, 0.6) is 0 Å². The van der Waals surface area contributed by atoms with Gasteiger partial charge in [-0.05, 0) is 12.8 Å². The molecule has 0 N–H and O–H groups in total. The smallest absolute Gasteiger partial charge is 0.206 e. The molecule has 0 aromatic carbocycles. The fourth-order valence-electron chi connectivity index (χ4n) is 1.37. The van der Waals surface area contributed by atoms with Crippen LogP contribution in [-0.2, 0) is 9.59 Å². The number of carbonyl (C=O) groups excluding carboxylic acids is 2. The molecular weight excluding hydrogens is 188 g/mol. The van der Waals surface area contributed by atoms with E-state index in [2.05, 4.69) is 6.92 Å². The Morgan fingerprint density at radius 3 is 2.47 bits per heavy atom. The Balaban J connectivity index is 3.42. The third kappa shape index (κ3) is 9.39. The molecule has 0 spiro atoms. The van der Waals surface area contributed by atoms with E-state index in [0.29, 0.717) is 0 Å². The fraction of sp³-hybridized carbons (Fsp3) is 0.692. The lowest BCUT2D eigenvalue weighted by Gasteiger charge is -1.98. The van der Waals surface area contributed by atoms with E-state index in [1.54, 1.807) is 12.4 Å². The van der Waals surface area contributed by atoms with Gasteiger partial charge in [-0.25, -0.2) is 0 Å². The molecule has 0 aliphatic rings. The first-order valence-corrected chi connectivity index (χ1v) is 5.74. The van der Waals surface area contributed by atoms with E-state index in [0.717, 1.165) is 12.8 Å². The molecule has 2 radical (unpaired) electrons. The van der Waals surface area contributed by atoms with E-state index in [1.807, 2.05) is 12.4 Å². The summed E-state index contributed by atoms with van der Waals surface area (Å²) < 4.78 is 0. The molecule has 0 rings (SSSR count). The van der Waals surface area contributed by atoms with Gasteiger partial charge in [0.2, 0.25) is 6.29 Å². The van der Waals surface area contributed by atoms with Crippen LogP contribution in [0.4, 0.5) is 0 Å². The topological polar surface area (TPSA) is 34.1 Å². The van der Waals surface area contributed by atoms with Gasteiger partial charge < -0.3 is 0 Å². The van der Waals surface area contributed by atoms with Crippen LogP contribution in [0.2, 0.25) is 0 Å². The molecule has 2 nitrogen and oxygen atoms in total. The molecule has 0 fully saturated rings. The summed E-state index contributed by atoms with van der Waals surface area (Å²) in [7, 11) is 0. The van der Waals surface area contributed by atoms with Gasteiger partial charge in [0.25, 0.3) is 0 Å². The number of unbranched alkanes of at least 4 members (excludes halogenated alkanes) is 5. The Labute approximate surface area is 92.8 Å². The molecule has 0 aliphatic heterocycles. The summed E-state index contributed by atoms with van der Waals surface area (Å²) in [6, 6.07) is 0. The Morgan fingerprint density at radius 2 is 1.87 bits per heavy atom. The number of rotatable bonds is 10. The molecule has 0 aromatic heterocycles. The van der Waals surface area contributed by atoms with Crippen molar-refractivity contribution >= 4 is 12.6 Å². The zero-order valence-corrected chi connectivity index (χ0v) is 9.50. The van der Waals surface area contributed by atoms with Crippen molar-refractivity contribution in [2.24, 2.45) is 5.92 Å². The molecule has 2 heteroatoms. The quantitative estimate of drug-likeness (QED) is 0.408. The average Bonchev–Trinajstić information content (AvgIpc) is 2.26. The van der Waals surface area contributed by atoms with Gasteiger partial charge in [-0.15, -0.1) is 0 Å². The summed E-state index contributed by atoms with van der Waals surface area (Å²) in [5, 5.41) is 0. The highest BCUT2D eigenvalue weighted by Gasteiger charge is 2.01. The second-order valence-electron chi connectivity index (χ2n) is 3.70. The predicted octanol–water partition coefficient (Wildman–Crippen LogP) is 3.13. The summed E-state index contributed by atoms with van der Waals surface area (Å²) in [6.07, 6.45) is 14.6. The lowest BCUT2D eigenvalue weighted by molar-refractivity contribution is 0.526. The standard InChI is InChI=1S/C13H20O2/c1-2-3-4-5-6-7-8-9-13(12-15)10-11-14/h8-9,13H,2-7,10H2,1H3/b9-8+. The third-order valence-electron chi connectivity index (χ3n) is 2.30. The normalized spacial score (nSPS) is 12.9. The first-order chi connectivity index (χ1) is 7.35. The lowest BCUT2D eigenvalue weighted by Crippen LogP contribution is -1.97. The molecule has 1 unspecified atom stereocenters. The zero-order valence-electron chi connectivity index (χ0n) is 9.50. The van der Waals surface area contributed by atoms with Crippen molar-refractivity contribution < 1.29 is 9.59 Å². The molecule has 0 aromatic rings. The minimum atomic E-state index is -0.391. The number of hydrogen-bond acceptors (Lipinski definition) is 2. The van der Waals surface area contributed by atoms with Gasteiger partial charge in [-0.3, -0.25) is 9.59 Å². The van der Waals surface area contributed by atoms with Gasteiger partial charge in [-0.2, -0.15) is 0 Å². The van der Waals surface area contributed by atoms with Gasteiger partial charge in [0.1, 0.15) is 0 Å². The SMILES string of the molecule is CCCCCCC/C=C/C([C]=O)C[C]=O. The molecule has 84 valence electrons. The van der Waals surface area contributed by atoms with Gasteiger partial charge >= 0.3 is 0 Å². The third-order valence-corrected chi connectivity index (χ3v) is 2.30. The van der Waals surface area contributed by atoms with E-state index >= 15 is 0 Å². The minimum Gasteiger partial charge on any atom is -0.291 e. The summed E-state index contributed by atoms with van der Waals surface area (Å²) in [5.74, 6) is -0.391. The summed E-state index contributed by atoms with van der Waals surface area (Å²) in [5.41, 5.74) is 0. The lowest BCUT2D eigenvalue weighted by atomic mass is 10.1. The Bertz CT molecular complexity index is 185. The van der Waals surface area contributed by atoms with Crippen LogP contribution in [0, 0.1) is 5.92 Å². The van der Waals surface area contributed by atoms with E-state index in [4.69, 9.17) is 0 Å². The molecule has 0 aliphatic carbocycles. The van der Waals surface area contributed by atoms with Crippen LogP contribution >= 0.6 is 0 Å². The van der Waals surface area contributed by atoms with Gasteiger partial charge in [0.15, 0.2) is 6.29 Å². The average molecular weight is 208 g/mol. The maximum atomic E-state index is 10.3. The molecule has 0 saturated heterocycles. The summed E-state index contributed by atoms with van der Waals surface area (Å²) >= 11 is 0. The molecule has 0 heterocycles. The molecule has 0 amide bonds. The van der Waals surface area contributed by atoms with E-state index < -0.39 is 5.92 Å². The second-order valence-corrected chi connectivity index (χ2v) is 3.70. The van der Waals surface area contributed by atoms with Crippen LogP contribution in [-0.4, -0.2) is 12.6 Å². The highest BCUT2D eigenvalue weighted by Crippen LogP contribution is 2.07. The van der Waals surface area contributed by atoms with Crippen molar-refractivity contribution in [3.05, 3.63) is 12.2 Å². The minimum absolute atomic E-state index is 0.135. The second kappa shape index (κ2) is 11.2. The van der Waals surface area contributed by atoms with Crippen LogP contribution in [0.15, 0.2) is 12.2 Å². The van der Waals surface area contributed by atoms with Crippen molar-refractivity contribution in [3.63, 3.8) is 0 Å². The molecule has 15 heavy (non-hydrogen) atoms. The number of hydrogen-bond donors (Lipinski definition) is 0. The molecule has 0 saturated carbocycles. The van der Waals surface area contributed by atoms with E-state index in [9.17, 15) is 9.59 Å². The summed E-state index contributed by atoms with van der Waals surface area (Å²) in [6.45, 7) is 2.19. The maximum Gasteiger partial charge on any atom is 0.206 e. The maximum absolute atomic E-state index is 10.3. The first-order valence-electron chi connectivity index (χ1n) is 5.74. The largest absolute Gasteiger partial charge is 0.291 e. The monoisotopic (exact) mass is 208 g/mol. The Kier molecular flexibility index (Phi) is 10.5. The van der Waals surface area contributed by atoms with Crippen LogP contribution < -0.4 is 0 Å². The van der Waals surface area contributed by atoms with Crippen molar-refractivity contribution in [1.29, 1.82) is 0 Å². The van der Waals surface area contributed by atoms with E-state index in [1.165, 1.54) is 25.7 Å². The van der Waals surface area contributed by atoms with Crippen molar-refractivity contribution in [2.75, 3.05) is 0 Å². The van der Waals surface area contributed by atoms with E-state index in [-0.39, 0.29) is 6.42 Å². The first kappa shape index (κ1) is 14.1. The molecule has 1 atom stereocenters. The Morgan fingerprint density at radius 1 is 1.13 bits per heavy atom. The molecular formula is C13H20O2. The zero-order chi connectivity index (χ0) is 11.4. The number of allylic oxidation sites excluding steroid dienone is 2. The van der Waals surface area contributed by atoms with Crippen molar-refractivity contribution in [2.45, 2.75) is 51.9 Å². The van der Waals surface area contributed by atoms with Gasteiger partial charge in [0.05, 0.1) is 5.92 Å². The van der Waals surface area contributed by atoms with Crippen LogP contribution in [0.25, 0.3) is 0 Å². The predicted molar refractivity (Wildman–Crippen MR) is 62.0 cm³/mol. The summed E-state index contributed by atoms with van der Waals surface area (Å²) in [4.78, 5) is 20.4. The Hall–Kier alpha value is -0.920. The van der Waals surface area contributed by atoms with Gasteiger partial charge in [-0.1, -0.05) is 44.8 Å². The highest BCUT2D eigenvalue weighted by atomic mass is 16.1. The molecule has 0 bridgehead atoms. The van der Waals surface area contributed by atoms with Crippen LogP contribution in [0.1, 0.15) is 51.9 Å². The van der Waals surface area contributed by atoms with Crippen molar-refractivity contribution in [1.82, 2.24) is 0 Å². The fourth-order valence-corrected chi connectivity index (χ4v) is 1.37. The highest BCUT2D eigenvalue weighted by molar-refractivity contribution is 5.64. The van der Waals surface area contributed by atoms with Crippen LogP contribution in [0.3, 0.4) is 0 Å². The van der Waals surface area contributed by atoms with Gasteiger partial charge in [0, 0.05) is 6.42 Å².